The summed E-state index contributed by atoms with van der Waals surface area (Å²) in [5, 5.41) is 4.50. The van der Waals surface area contributed by atoms with Crippen LogP contribution < -0.4 is 11.1 Å². The Morgan fingerprint density at radius 3 is 2.52 bits per heavy atom. The SMILES string of the molecule is Nc1ccc(-c2cc3ccc(C4=NCCN4)cc3[nH]2)cc1. The normalized spacial score (nSPS) is 14.2. The van der Waals surface area contributed by atoms with E-state index in [1.165, 1.54) is 5.39 Å². The second-order valence-corrected chi connectivity index (χ2v) is 5.26. The minimum atomic E-state index is 0.780. The van der Waals surface area contributed by atoms with E-state index in [4.69, 9.17) is 5.73 Å². The summed E-state index contributed by atoms with van der Waals surface area (Å²) in [6.07, 6.45) is 0. The molecule has 0 fully saturated rings. The van der Waals surface area contributed by atoms with Crippen LogP contribution in [0.25, 0.3) is 22.2 Å². The van der Waals surface area contributed by atoms with Gasteiger partial charge in [0.1, 0.15) is 5.84 Å². The number of nitrogens with two attached hydrogens (primary N) is 1. The lowest BCUT2D eigenvalue weighted by Gasteiger charge is -2.01. The van der Waals surface area contributed by atoms with Crippen LogP contribution in [0.3, 0.4) is 0 Å². The van der Waals surface area contributed by atoms with Gasteiger partial charge in [-0.3, -0.25) is 4.99 Å². The maximum absolute atomic E-state index is 5.74. The first-order chi connectivity index (χ1) is 10.3. The Bertz CT molecular complexity index is 828. The molecule has 4 heteroatoms. The highest BCUT2D eigenvalue weighted by atomic mass is 15.1. The molecule has 1 aliphatic heterocycles. The second kappa shape index (κ2) is 4.66. The quantitative estimate of drug-likeness (QED) is 0.630. The van der Waals surface area contributed by atoms with Crippen LogP contribution in [0.5, 0.6) is 0 Å². The molecule has 3 aromatic rings. The van der Waals surface area contributed by atoms with Gasteiger partial charge in [0.15, 0.2) is 0 Å². The molecule has 4 N–H and O–H groups in total. The summed E-state index contributed by atoms with van der Waals surface area (Å²) in [7, 11) is 0. The van der Waals surface area contributed by atoms with Crippen molar-refractivity contribution in [3.05, 3.63) is 54.1 Å². The Labute approximate surface area is 122 Å². The number of rotatable bonds is 2. The third-order valence-corrected chi connectivity index (χ3v) is 3.79. The lowest BCUT2D eigenvalue weighted by atomic mass is 10.1. The molecule has 0 aliphatic carbocycles. The van der Waals surface area contributed by atoms with Crippen molar-refractivity contribution >= 4 is 22.4 Å². The number of anilines is 1. The van der Waals surface area contributed by atoms with Gasteiger partial charge in [0, 0.05) is 34.4 Å². The van der Waals surface area contributed by atoms with Gasteiger partial charge < -0.3 is 16.0 Å². The van der Waals surface area contributed by atoms with E-state index in [-0.39, 0.29) is 0 Å². The summed E-state index contributed by atoms with van der Waals surface area (Å²) in [5.74, 6) is 0.987. The fourth-order valence-electron chi connectivity index (χ4n) is 2.68. The minimum absolute atomic E-state index is 0.780. The van der Waals surface area contributed by atoms with Gasteiger partial charge in [-0.1, -0.05) is 24.3 Å². The average Bonchev–Trinajstić information content (AvgIpc) is 3.16. The number of amidine groups is 1. The van der Waals surface area contributed by atoms with Gasteiger partial charge in [0.2, 0.25) is 0 Å². The van der Waals surface area contributed by atoms with E-state index in [9.17, 15) is 0 Å². The van der Waals surface area contributed by atoms with Crippen LogP contribution in [0.4, 0.5) is 5.69 Å². The van der Waals surface area contributed by atoms with Crippen LogP contribution in [0.15, 0.2) is 53.5 Å². The lowest BCUT2D eigenvalue weighted by molar-refractivity contribution is 0.960. The summed E-state index contributed by atoms with van der Waals surface area (Å²) in [5.41, 5.74) is 11.0. The zero-order chi connectivity index (χ0) is 14.2. The number of nitrogen functional groups attached to an aromatic ring is 1. The number of aromatic amines is 1. The molecule has 0 atom stereocenters. The number of hydrogen-bond donors (Lipinski definition) is 3. The van der Waals surface area contributed by atoms with Crippen LogP contribution in [0.2, 0.25) is 0 Å². The van der Waals surface area contributed by atoms with E-state index in [1.807, 2.05) is 24.3 Å². The van der Waals surface area contributed by atoms with Gasteiger partial charge in [0.05, 0.1) is 6.54 Å². The summed E-state index contributed by atoms with van der Waals surface area (Å²) < 4.78 is 0. The van der Waals surface area contributed by atoms with Gasteiger partial charge in [-0.15, -0.1) is 0 Å². The van der Waals surface area contributed by atoms with Crippen molar-refractivity contribution < 1.29 is 0 Å². The maximum Gasteiger partial charge on any atom is 0.128 e. The van der Waals surface area contributed by atoms with Gasteiger partial charge in [-0.25, -0.2) is 0 Å². The van der Waals surface area contributed by atoms with E-state index >= 15 is 0 Å². The number of nitrogens with one attached hydrogen (secondary N) is 2. The molecule has 2 aromatic carbocycles. The lowest BCUT2D eigenvalue weighted by Crippen LogP contribution is -2.19. The molecule has 21 heavy (non-hydrogen) atoms. The molecule has 0 radical (unpaired) electrons. The first-order valence-electron chi connectivity index (χ1n) is 7.07. The highest BCUT2D eigenvalue weighted by molar-refractivity contribution is 6.02. The zero-order valence-electron chi connectivity index (χ0n) is 11.6. The molecular formula is C17H16N4. The third kappa shape index (κ3) is 2.14. The fraction of sp³-hybridized carbons (Fsp3) is 0.118. The summed E-state index contributed by atoms with van der Waals surface area (Å²) in [4.78, 5) is 7.94. The molecule has 0 saturated heterocycles. The van der Waals surface area contributed by atoms with Crippen LogP contribution >= 0.6 is 0 Å². The van der Waals surface area contributed by atoms with E-state index in [1.54, 1.807) is 0 Å². The molecule has 0 spiro atoms. The molecule has 0 amide bonds. The first kappa shape index (κ1) is 12.0. The third-order valence-electron chi connectivity index (χ3n) is 3.79. The van der Waals surface area contributed by atoms with Crippen LogP contribution in [-0.4, -0.2) is 23.9 Å². The van der Waals surface area contributed by atoms with Gasteiger partial charge in [-0.05, 0) is 29.8 Å². The van der Waals surface area contributed by atoms with Crippen molar-refractivity contribution in [3.8, 4) is 11.3 Å². The summed E-state index contributed by atoms with van der Waals surface area (Å²) >= 11 is 0. The highest BCUT2D eigenvalue weighted by Crippen LogP contribution is 2.25. The van der Waals surface area contributed by atoms with Crippen molar-refractivity contribution in [1.82, 2.24) is 10.3 Å². The second-order valence-electron chi connectivity index (χ2n) is 5.26. The molecule has 4 nitrogen and oxygen atoms in total. The van der Waals surface area contributed by atoms with Crippen LogP contribution in [-0.2, 0) is 0 Å². The van der Waals surface area contributed by atoms with Crippen molar-refractivity contribution in [2.75, 3.05) is 18.8 Å². The van der Waals surface area contributed by atoms with E-state index in [0.717, 1.165) is 47.0 Å². The largest absolute Gasteiger partial charge is 0.399 e. The Balaban J connectivity index is 1.77. The minimum Gasteiger partial charge on any atom is -0.399 e. The van der Waals surface area contributed by atoms with Crippen LogP contribution in [0.1, 0.15) is 5.56 Å². The Kier molecular flexibility index (Phi) is 2.67. The van der Waals surface area contributed by atoms with E-state index < -0.39 is 0 Å². The van der Waals surface area contributed by atoms with Gasteiger partial charge >= 0.3 is 0 Å². The standard InChI is InChI=1S/C17H16N4/c18-14-5-3-11(4-6-14)15-9-12-1-2-13(10-16(12)21-15)17-19-7-8-20-17/h1-6,9-10,21H,7-8,18H2,(H,19,20). The molecule has 0 saturated carbocycles. The van der Waals surface area contributed by atoms with E-state index in [0.29, 0.717) is 0 Å². The number of nitrogens with zero attached hydrogens (tertiary/aromatic N) is 1. The topological polar surface area (TPSA) is 66.2 Å². The molecule has 4 rings (SSSR count). The smallest absolute Gasteiger partial charge is 0.128 e. The number of aliphatic imine (C=N–C) groups is 1. The zero-order valence-corrected chi connectivity index (χ0v) is 11.6. The number of hydrogen-bond acceptors (Lipinski definition) is 3. The van der Waals surface area contributed by atoms with Crippen LogP contribution in [0, 0.1) is 0 Å². The molecule has 1 aliphatic rings. The van der Waals surface area contributed by atoms with Crippen molar-refractivity contribution in [2.45, 2.75) is 0 Å². The first-order valence-corrected chi connectivity index (χ1v) is 7.07. The summed E-state index contributed by atoms with van der Waals surface area (Å²) in [6, 6.07) is 16.5. The van der Waals surface area contributed by atoms with Gasteiger partial charge in [0.25, 0.3) is 0 Å². The van der Waals surface area contributed by atoms with Gasteiger partial charge in [-0.2, -0.15) is 0 Å². The van der Waals surface area contributed by atoms with Crippen molar-refractivity contribution in [1.29, 1.82) is 0 Å². The number of benzene rings is 2. The number of aromatic nitrogens is 1. The molecule has 104 valence electrons. The van der Waals surface area contributed by atoms with E-state index in [2.05, 4.69) is 39.6 Å². The number of H-pyrrole nitrogens is 1. The van der Waals surface area contributed by atoms with Crippen molar-refractivity contribution in [2.24, 2.45) is 4.99 Å². The molecule has 0 unspecified atom stereocenters. The maximum atomic E-state index is 5.74. The monoisotopic (exact) mass is 276 g/mol. The fourth-order valence-corrected chi connectivity index (χ4v) is 2.68. The Hall–Kier alpha value is -2.75. The molecule has 1 aromatic heterocycles. The molecule has 2 heterocycles. The Morgan fingerprint density at radius 2 is 1.76 bits per heavy atom. The molecule has 0 bridgehead atoms. The Morgan fingerprint density at radius 1 is 0.952 bits per heavy atom. The van der Waals surface area contributed by atoms with Crippen molar-refractivity contribution in [3.63, 3.8) is 0 Å². The number of fused-ring (bicyclic) bond motifs is 1. The summed E-state index contributed by atoms with van der Waals surface area (Å²) in [6.45, 7) is 1.78. The predicted molar refractivity (Wildman–Crippen MR) is 87.6 cm³/mol. The molecular weight excluding hydrogens is 260 g/mol. The predicted octanol–water partition coefficient (Wildman–Crippen LogP) is 2.77. The highest BCUT2D eigenvalue weighted by Gasteiger charge is 2.10. The average molecular weight is 276 g/mol.